The molecule has 170 valence electrons. The molecule has 6 heteroatoms. The first-order valence-corrected chi connectivity index (χ1v) is 12.3. The molecule has 1 aliphatic rings. The van der Waals surface area contributed by atoms with Crippen LogP contribution in [-0.4, -0.2) is 31.0 Å². The van der Waals surface area contributed by atoms with Crippen molar-refractivity contribution in [3.8, 4) is 5.75 Å². The molecule has 3 heterocycles. The highest BCUT2D eigenvalue weighted by Gasteiger charge is 2.32. The van der Waals surface area contributed by atoms with Gasteiger partial charge in [-0.1, -0.05) is 37.3 Å². The van der Waals surface area contributed by atoms with E-state index in [1.807, 2.05) is 53.9 Å². The molecule has 4 aromatic rings. The van der Waals surface area contributed by atoms with E-state index in [1.165, 1.54) is 11.3 Å². The van der Waals surface area contributed by atoms with E-state index in [2.05, 4.69) is 29.3 Å². The molecule has 5 nitrogen and oxygen atoms in total. The van der Waals surface area contributed by atoms with Crippen LogP contribution in [0.2, 0.25) is 0 Å². The number of thiophene rings is 1. The first-order chi connectivity index (χ1) is 16.1. The van der Waals surface area contributed by atoms with E-state index in [-0.39, 0.29) is 11.9 Å². The number of anilines is 1. The molecule has 0 bridgehead atoms. The first-order valence-electron chi connectivity index (χ1n) is 11.4. The molecular formula is C27H28N2O3S. The summed E-state index contributed by atoms with van der Waals surface area (Å²) in [4.78, 5) is 16.2. The predicted molar refractivity (Wildman–Crippen MR) is 133 cm³/mol. The third-order valence-corrected chi connectivity index (χ3v) is 7.34. The standard InChI is InChI=1S/C27H28N2O3S/c1-18-13-15-29(16-14-18)25(19-9-11-20(31-2)12-10-19)26-24(21-6-3-4-7-22(21)32-26)28-27(30)23-8-5-17-33-23/h3-12,17-18,25H,13-16H2,1-2H3,(H,28,30). The zero-order valence-corrected chi connectivity index (χ0v) is 19.7. The van der Waals surface area contributed by atoms with Gasteiger partial charge < -0.3 is 14.5 Å². The Morgan fingerprint density at radius 2 is 1.85 bits per heavy atom. The monoisotopic (exact) mass is 460 g/mol. The van der Waals surface area contributed by atoms with Gasteiger partial charge >= 0.3 is 0 Å². The number of carbonyl (C=O) groups excluding carboxylic acids is 1. The summed E-state index contributed by atoms with van der Waals surface area (Å²) in [5.41, 5.74) is 2.65. The number of benzene rings is 2. The number of nitrogens with one attached hydrogen (secondary N) is 1. The van der Waals surface area contributed by atoms with E-state index in [9.17, 15) is 4.79 Å². The Morgan fingerprint density at radius 3 is 2.55 bits per heavy atom. The Labute approximate surface area is 198 Å². The summed E-state index contributed by atoms with van der Waals surface area (Å²) in [6.07, 6.45) is 2.29. The smallest absolute Gasteiger partial charge is 0.265 e. The quantitative estimate of drug-likeness (QED) is 0.353. The molecule has 0 spiro atoms. The molecule has 1 amide bonds. The predicted octanol–water partition coefficient (Wildman–Crippen LogP) is 6.58. The molecule has 0 aliphatic carbocycles. The third kappa shape index (κ3) is 4.41. The highest BCUT2D eigenvalue weighted by Crippen LogP contribution is 2.42. The van der Waals surface area contributed by atoms with Crippen molar-refractivity contribution in [2.45, 2.75) is 25.8 Å². The van der Waals surface area contributed by atoms with Gasteiger partial charge in [0.05, 0.1) is 23.7 Å². The zero-order chi connectivity index (χ0) is 22.8. The van der Waals surface area contributed by atoms with Crippen molar-refractivity contribution in [1.82, 2.24) is 4.90 Å². The maximum atomic E-state index is 13.1. The number of para-hydroxylation sites is 1. The number of piperidine rings is 1. The lowest BCUT2D eigenvalue weighted by atomic mass is 9.94. The average molecular weight is 461 g/mol. The molecule has 5 rings (SSSR count). The van der Waals surface area contributed by atoms with Gasteiger partial charge in [-0.05, 0) is 73.1 Å². The van der Waals surface area contributed by atoms with Crippen molar-refractivity contribution >= 4 is 33.9 Å². The van der Waals surface area contributed by atoms with E-state index < -0.39 is 0 Å². The summed E-state index contributed by atoms with van der Waals surface area (Å²) in [7, 11) is 1.68. The van der Waals surface area contributed by atoms with Gasteiger partial charge in [-0.25, -0.2) is 0 Å². The molecule has 1 unspecified atom stereocenters. The van der Waals surface area contributed by atoms with Crippen LogP contribution in [0.3, 0.4) is 0 Å². The third-order valence-electron chi connectivity index (χ3n) is 6.47. The number of hydrogen-bond acceptors (Lipinski definition) is 5. The van der Waals surface area contributed by atoms with Gasteiger partial charge in [0.25, 0.3) is 5.91 Å². The Kier molecular flexibility index (Phi) is 6.20. The number of furan rings is 1. The Hall–Kier alpha value is -3.09. The second-order valence-electron chi connectivity index (χ2n) is 8.66. The minimum absolute atomic E-state index is 0.102. The number of amides is 1. The number of methoxy groups -OCH3 is 1. The largest absolute Gasteiger partial charge is 0.497 e. The summed E-state index contributed by atoms with van der Waals surface area (Å²) in [5.74, 6) is 2.20. The highest BCUT2D eigenvalue weighted by atomic mass is 32.1. The van der Waals surface area contributed by atoms with Crippen LogP contribution in [-0.2, 0) is 0 Å². The van der Waals surface area contributed by atoms with Crippen LogP contribution in [0.4, 0.5) is 5.69 Å². The molecule has 1 aliphatic heterocycles. The molecule has 1 atom stereocenters. The lowest BCUT2D eigenvalue weighted by molar-refractivity contribution is 0.102. The van der Waals surface area contributed by atoms with Gasteiger partial charge in [-0.2, -0.15) is 0 Å². The molecule has 1 N–H and O–H groups in total. The van der Waals surface area contributed by atoms with Crippen LogP contribution in [0.5, 0.6) is 5.75 Å². The molecule has 2 aromatic heterocycles. The first kappa shape index (κ1) is 21.7. The summed E-state index contributed by atoms with van der Waals surface area (Å²) in [5, 5.41) is 6.02. The van der Waals surface area contributed by atoms with E-state index in [0.717, 1.165) is 59.7 Å². The van der Waals surface area contributed by atoms with Gasteiger partial charge in [0.1, 0.15) is 17.1 Å². The molecule has 2 aromatic carbocycles. The SMILES string of the molecule is COc1ccc(C(c2oc3ccccc3c2NC(=O)c2cccs2)N2CCC(C)CC2)cc1. The lowest BCUT2D eigenvalue weighted by Gasteiger charge is -2.36. The summed E-state index contributed by atoms with van der Waals surface area (Å²) in [6, 6.07) is 19.7. The molecule has 33 heavy (non-hydrogen) atoms. The maximum Gasteiger partial charge on any atom is 0.265 e. The minimum atomic E-state index is -0.112. The lowest BCUT2D eigenvalue weighted by Crippen LogP contribution is -2.37. The van der Waals surface area contributed by atoms with Crippen molar-refractivity contribution in [2.75, 3.05) is 25.5 Å². The number of nitrogens with zero attached hydrogens (tertiary/aromatic N) is 1. The van der Waals surface area contributed by atoms with Crippen LogP contribution < -0.4 is 10.1 Å². The van der Waals surface area contributed by atoms with Crippen molar-refractivity contribution in [3.63, 3.8) is 0 Å². The molecular weight excluding hydrogens is 432 g/mol. The van der Waals surface area contributed by atoms with Crippen molar-refractivity contribution < 1.29 is 13.9 Å². The van der Waals surface area contributed by atoms with E-state index in [0.29, 0.717) is 10.8 Å². The average Bonchev–Trinajstić information content (AvgIpc) is 3.50. The number of ether oxygens (including phenoxy) is 1. The normalized spacial score (nSPS) is 16.1. The molecule has 0 radical (unpaired) electrons. The number of fused-ring (bicyclic) bond motifs is 1. The van der Waals surface area contributed by atoms with Gasteiger partial charge in [-0.15, -0.1) is 11.3 Å². The Bertz CT molecular complexity index is 1220. The Balaban J connectivity index is 1.62. The zero-order valence-electron chi connectivity index (χ0n) is 18.9. The molecule has 0 saturated carbocycles. The van der Waals surface area contributed by atoms with E-state index in [1.54, 1.807) is 7.11 Å². The van der Waals surface area contributed by atoms with Crippen molar-refractivity contribution in [1.29, 1.82) is 0 Å². The van der Waals surface area contributed by atoms with E-state index >= 15 is 0 Å². The fraction of sp³-hybridized carbons (Fsp3) is 0.296. The molecule has 1 fully saturated rings. The van der Waals surface area contributed by atoms with E-state index in [4.69, 9.17) is 9.15 Å². The van der Waals surface area contributed by atoms with Crippen LogP contribution in [0, 0.1) is 5.92 Å². The fourth-order valence-corrected chi connectivity index (χ4v) is 5.19. The summed E-state index contributed by atoms with van der Waals surface area (Å²) >= 11 is 1.43. The van der Waals surface area contributed by atoms with Crippen molar-refractivity contribution in [2.24, 2.45) is 5.92 Å². The number of likely N-dealkylation sites (tertiary alicyclic amines) is 1. The van der Waals surface area contributed by atoms with Crippen LogP contribution in [0.1, 0.15) is 46.8 Å². The Morgan fingerprint density at radius 1 is 1.09 bits per heavy atom. The van der Waals surface area contributed by atoms with Gasteiger partial charge in [0.2, 0.25) is 0 Å². The second-order valence-corrected chi connectivity index (χ2v) is 9.61. The topological polar surface area (TPSA) is 54.7 Å². The van der Waals surface area contributed by atoms with Crippen LogP contribution >= 0.6 is 11.3 Å². The van der Waals surface area contributed by atoms with Crippen LogP contribution in [0.15, 0.2) is 70.5 Å². The fourth-order valence-electron chi connectivity index (χ4n) is 4.57. The van der Waals surface area contributed by atoms with Gasteiger partial charge in [-0.3, -0.25) is 9.69 Å². The second kappa shape index (κ2) is 9.41. The van der Waals surface area contributed by atoms with Gasteiger partial charge in [0.15, 0.2) is 0 Å². The summed E-state index contributed by atoms with van der Waals surface area (Å²) < 4.78 is 11.9. The highest BCUT2D eigenvalue weighted by molar-refractivity contribution is 7.12. The maximum absolute atomic E-state index is 13.1. The minimum Gasteiger partial charge on any atom is -0.497 e. The van der Waals surface area contributed by atoms with Crippen LogP contribution in [0.25, 0.3) is 11.0 Å². The molecule has 1 saturated heterocycles. The number of carbonyl (C=O) groups is 1. The number of hydrogen-bond donors (Lipinski definition) is 1. The van der Waals surface area contributed by atoms with Crippen molar-refractivity contribution in [3.05, 3.63) is 82.2 Å². The number of rotatable bonds is 6. The summed E-state index contributed by atoms with van der Waals surface area (Å²) in [6.45, 7) is 4.27. The van der Waals surface area contributed by atoms with Gasteiger partial charge in [0, 0.05) is 5.39 Å².